The molecule has 6 nitrogen and oxygen atoms in total. The Kier molecular flexibility index (Phi) is 6.63. The van der Waals surface area contributed by atoms with Crippen LogP contribution in [0.1, 0.15) is 54.6 Å². The lowest BCUT2D eigenvalue weighted by Gasteiger charge is -2.33. The number of pyridine rings is 1. The van der Waals surface area contributed by atoms with Gasteiger partial charge in [-0.05, 0) is 49.7 Å². The molecule has 1 aromatic rings. The molecule has 1 heterocycles. The number of nitrogens with two attached hydrogens (primary N) is 2. The minimum Gasteiger partial charge on any atom is -0.393 e. The van der Waals surface area contributed by atoms with E-state index in [1.54, 1.807) is 12.1 Å². The van der Waals surface area contributed by atoms with Crippen LogP contribution in [0.15, 0.2) is 18.3 Å². The topological polar surface area (TPSA) is 119 Å². The molecule has 1 aromatic heterocycles. The van der Waals surface area contributed by atoms with Crippen LogP contribution in [0.3, 0.4) is 0 Å². The molecule has 144 valence electrons. The fourth-order valence-electron chi connectivity index (χ4n) is 3.60. The van der Waals surface area contributed by atoms with Crippen LogP contribution in [-0.4, -0.2) is 33.9 Å². The maximum absolute atomic E-state index is 13.3. The Morgan fingerprint density at radius 2 is 1.96 bits per heavy atom. The van der Waals surface area contributed by atoms with Crippen LogP contribution in [-0.2, 0) is 11.2 Å². The summed E-state index contributed by atoms with van der Waals surface area (Å²) < 4.78 is 26.6. The summed E-state index contributed by atoms with van der Waals surface area (Å²) in [5.74, 6) is -4.76. The number of hydrogen-bond acceptors (Lipinski definition) is 4. The summed E-state index contributed by atoms with van der Waals surface area (Å²) in [5.41, 5.74) is 11.5. The Morgan fingerprint density at radius 1 is 1.31 bits per heavy atom. The fourth-order valence-corrected chi connectivity index (χ4v) is 3.60. The lowest BCUT2D eigenvalue weighted by molar-refractivity contribution is -0.127. The zero-order chi connectivity index (χ0) is 19.3. The summed E-state index contributed by atoms with van der Waals surface area (Å²) in [5, 5.41) is 10.3. The minimum absolute atomic E-state index is 0.123. The van der Waals surface area contributed by atoms with Crippen molar-refractivity contribution in [1.29, 1.82) is 0 Å². The van der Waals surface area contributed by atoms with Gasteiger partial charge in [-0.15, -0.1) is 0 Å². The summed E-state index contributed by atoms with van der Waals surface area (Å²) in [6.07, 6.45) is 1.34. The van der Waals surface area contributed by atoms with Crippen LogP contribution in [0.25, 0.3) is 0 Å². The van der Waals surface area contributed by atoms with Crippen molar-refractivity contribution in [2.24, 2.45) is 23.3 Å². The summed E-state index contributed by atoms with van der Waals surface area (Å²) in [7, 11) is 0. The molecule has 1 fully saturated rings. The predicted octanol–water partition coefficient (Wildman–Crippen LogP) is 1.79. The number of aryl methyl sites for hydroxylation is 1. The second-order valence-electron chi connectivity index (χ2n) is 7.01. The van der Waals surface area contributed by atoms with Crippen LogP contribution >= 0.6 is 0 Å². The highest BCUT2D eigenvalue weighted by Crippen LogP contribution is 2.40. The average Bonchev–Trinajstić information content (AvgIpc) is 2.58. The number of alkyl halides is 2. The third-order valence-electron chi connectivity index (χ3n) is 5.09. The van der Waals surface area contributed by atoms with Gasteiger partial charge in [-0.1, -0.05) is 6.07 Å². The maximum Gasteiger partial charge on any atom is 0.267 e. The molecule has 1 saturated carbocycles. The molecular weight excluding hydrogens is 344 g/mol. The summed E-state index contributed by atoms with van der Waals surface area (Å²) in [6, 6.07) is 3.37. The van der Waals surface area contributed by atoms with Crippen LogP contribution in [0.4, 0.5) is 8.78 Å². The van der Waals surface area contributed by atoms with Crippen LogP contribution in [0.2, 0.25) is 0 Å². The third kappa shape index (κ3) is 5.45. The molecule has 0 saturated heterocycles. The molecule has 0 spiro atoms. The van der Waals surface area contributed by atoms with Gasteiger partial charge >= 0.3 is 0 Å². The number of carbonyl (C=O) groups is 2. The van der Waals surface area contributed by atoms with E-state index in [1.165, 1.54) is 6.20 Å². The fraction of sp³-hybridized carbons (Fsp3) is 0.611. The first-order valence-electron chi connectivity index (χ1n) is 8.78. The van der Waals surface area contributed by atoms with E-state index in [9.17, 15) is 23.5 Å². The molecular formula is C18H25F2N3O3. The Morgan fingerprint density at radius 3 is 2.54 bits per heavy atom. The molecule has 0 bridgehead atoms. The number of nitrogens with zero attached hydrogens (tertiary/aromatic N) is 1. The van der Waals surface area contributed by atoms with Gasteiger partial charge in [0, 0.05) is 25.0 Å². The van der Waals surface area contributed by atoms with Crippen LogP contribution in [0.5, 0.6) is 0 Å². The van der Waals surface area contributed by atoms with E-state index in [1.807, 2.05) is 0 Å². The molecule has 0 aromatic carbocycles. The highest BCUT2D eigenvalue weighted by atomic mass is 19.3. The van der Waals surface area contributed by atoms with Gasteiger partial charge in [-0.25, -0.2) is 8.78 Å². The quantitative estimate of drug-likeness (QED) is 0.647. The van der Waals surface area contributed by atoms with Gasteiger partial charge in [-0.3, -0.25) is 14.6 Å². The number of hydrogen-bond donors (Lipinski definition) is 3. The van der Waals surface area contributed by atoms with E-state index in [2.05, 4.69) is 4.98 Å². The van der Waals surface area contributed by atoms with E-state index in [0.717, 1.165) is 0 Å². The summed E-state index contributed by atoms with van der Waals surface area (Å²) >= 11 is 0. The highest BCUT2D eigenvalue weighted by Gasteiger charge is 2.39. The molecule has 8 heteroatoms. The first-order valence-corrected chi connectivity index (χ1v) is 8.78. The summed E-state index contributed by atoms with van der Waals surface area (Å²) in [4.78, 5) is 27.1. The van der Waals surface area contributed by atoms with Crippen molar-refractivity contribution in [1.82, 2.24) is 4.98 Å². The maximum atomic E-state index is 13.3. The summed E-state index contributed by atoms with van der Waals surface area (Å²) in [6.45, 7) is 0. The molecule has 1 aliphatic rings. The number of aliphatic hydroxyl groups is 1. The van der Waals surface area contributed by atoms with Gasteiger partial charge in [0.05, 0.1) is 6.10 Å². The standard InChI is InChI=1S/C18H25F2N3O3/c19-18(20)7-5-11(6-8-18)14(16(21)25)10-13(24)4-3-12-2-1-9-23-15(12)17(22)26/h1-2,9,11,13-14,24H,3-8,10H2,(H2,21,25)(H2,22,26). The van der Waals surface area contributed by atoms with Crippen molar-refractivity contribution in [2.75, 3.05) is 0 Å². The normalized spacial score (nSPS) is 19.7. The zero-order valence-electron chi connectivity index (χ0n) is 14.5. The lowest BCUT2D eigenvalue weighted by atomic mass is 9.76. The second kappa shape index (κ2) is 8.53. The molecule has 2 atom stereocenters. The number of amides is 2. The third-order valence-corrected chi connectivity index (χ3v) is 5.09. The van der Waals surface area contributed by atoms with Crippen molar-refractivity contribution in [3.63, 3.8) is 0 Å². The van der Waals surface area contributed by atoms with E-state index in [0.29, 0.717) is 18.4 Å². The van der Waals surface area contributed by atoms with Crippen molar-refractivity contribution in [3.8, 4) is 0 Å². The molecule has 5 N–H and O–H groups in total. The Labute approximate surface area is 151 Å². The van der Waals surface area contributed by atoms with Gasteiger partial charge in [-0.2, -0.15) is 0 Å². The molecule has 2 unspecified atom stereocenters. The zero-order valence-corrected chi connectivity index (χ0v) is 14.5. The number of aliphatic hydroxyl groups excluding tert-OH is 1. The SMILES string of the molecule is NC(=O)c1ncccc1CCC(O)CC(C(N)=O)C1CCC(F)(F)CC1. The Hall–Kier alpha value is -2.09. The lowest BCUT2D eigenvalue weighted by Crippen LogP contribution is -2.37. The Bertz CT molecular complexity index is 644. The molecule has 2 amide bonds. The number of halogens is 2. The molecule has 26 heavy (non-hydrogen) atoms. The monoisotopic (exact) mass is 369 g/mol. The largest absolute Gasteiger partial charge is 0.393 e. The van der Waals surface area contributed by atoms with E-state index < -0.39 is 29.8 Å². The van der Waals surface area contributed by atoms with Gasteiger partial charge in [0.2, 0.25) is 11.8 Å². The second-order valence-corrected chi connectivity index (χ2v) is 7.01. The van der Waals surface area contributed by atoms with Gasteiger partial charge in [0.25, 0.3) is 5.91 Å². The van der Waals surface area contributed by atoms with E-state index in [-0.39, 0.29) is 43.7 Å². The minimum atomic E-state index is -2.68. The number of carbonyl (C=O) groups excluding carboxylic acids is 2. The van der Waals surface area contributed by atoms with Crippen molar-refractivity contribution < 1.29 is 23.5 Å². The smallest absolute Gasteiger partial charge is 0.267 e. The number of primary amides is 2. The Balaban J connectivity index is 1.93. The van der Waals surface area contributed by atoms with Crippen molar-refractivity contribution in [3.05, 3.63) is 29.6 Å². The predicted molar refractivity (Wildman–Crippen MR) is 91.3 cm³/mol. The van der Waals surface area contributed by atoms with Gasteiger partial charge < -0.3 is 16.6 Å². The first kappa shape index (κ1) is 20.2. The van der Waals surface area contributed by atoms with Crippen molar-refractivity contribution in [2.45, 2.75) is 57.0 Å². The molecule has 0 radical (unpaired) electrons. The van der Waals surface area contributed by atoms with E-state index in [4.69, 9.17) is 11.5 Å². The molecule has 1 aliphatic carbocycles. The van der Waals surface area contributed by atoms with E-state index >= 15 is 0 Å². The number of aromatic nitrogens is 1. The van der Waals surface area contributed by atoms with Gasteiger partial charge in [0.15, 0.2) is 0 Å². The first-order chi connectivity index (χ1) is 12.2. The van der Waals surface area contributed by atoms with Gasteiger partial charge in [0.1, 0.15) is 5.69 Å². The highest BCUT2D eigenvalue weighted by molar-refractivity contribution is 5.92. The molecule has 0 aliphatic heterocycles. The number of rotatable bonds is 8. The van der Waals surface area contributed by atoms with Crippen molar-refractivity contribution >= 4 is 11.8 Å². The average molecular weight is 369 g/mol. The van der Waals surface area contributed by atoms with Crippen LogP contribution in [0, 0.1) is 11.8 Å². The van der Waals surface area contributed by atoms with Crippen LogP contribution < -0.4 is 11.5 Å². The molecule has 2 rings (SSSR count).